The Hall–Kier alpha value is -2.04. The molecular formula is C17H21FO4. The molecule has 0 aliphatic carbocycles. The van der Waals surface area contributed by atoms with Crippen molar-refractivity contribution in [3.8, 4) is 5.75 Å². The second kappa shape index (κ2) is 6.38. The van der Waals surface area contributed by atoms with Crippen LogP contribution >= 0.6 is 0 Å². The van der Waals surface area contributed by atoms with Gasteiger partial charge in [0.25, 0.3) is 0 Å². The van der Waals surface area contributed by atoms with Gasteiger partial charge in [-0.3, -0.25) is 0 Å². The Morgan fingerprint density at radius 3 is 2.64 bits per heavy atom. The molecule has 2 atom stereocenters. The van der Waals surface area contributed by atoms with Gasteiger partial charge in [-0.05, 0) is 32.9 Å². The lowest BCUT2D eigenvalue weighted by molar-refractivity contribution is -0.142. The van der Waals surface area contributed by atoms with E-state index in [1.54, 1.807) is 19.9 Å². The summed E-state index contributed by atoms with van der Waals surface area (Å²) in [7, 11) is 1.49. The molecule has 0 fully saturated rings. The average molecular weight is 308 g/mol. The predicted molar refractivity (Wildman–Crippen MR) is 81.0 cm³/mol. The molecule has 22 heavy (non-hydrogen) atoms. The van der Waals surface area contributed by atoms with E-state index in [0.717, 1.165) is 0 Å². The minimum absolute atomic E-state index is 0.0295. The Morgan fingerprint density at radius 1 is 1.36 bits per heavy atom. The number of methoxy groups -OCH3 is 1. The van der Waals surface area contributed by atoms with Crippen LogP contribution in [0, 0.1) is 18.7 Å². The number of carbonyl (C=O) groups excluding carboxylic acids is 1. The first-order valence-electron chi connectivity index (χ1n) is 7.33. The summed E-state index contributed by atoms with van der Waals surface area (Å²) < 4.78 is 29.9. The Morgan fingerprint density at radius 2 is 2.05 bits per heavy atom. The molecule has 5 heteroatoms. The molecule has 1 aliphatic rings. The van der Waals surface area contributed by atoms with Crippen LogP contribution in [0.25, 0.3) is 5.57 Å². The molecule has 1 aromatic rings. The molecular weight excluding hydrogens is 287 g/mol. The summed E-state index contributed by atoms with van der Waals surface area (Å²) in [5, 5.41) is 0. The Balaban J connectivity index is 2.63. The van der Waals surface area contributed by atoms with E-state index < -0.39 is 5.97 Å². The zero-order valence-corrected chi connectivity index (χ0v) is 13.5. The second-order valence-electron chi connectivity index (χ2n) is 5.33. The quantitative estimate of drug-likeness (QED) is 0.799. The molecule has 4 nitrogen and oxygen atoms in total. The number of carbonyl (C=O) groups is 1. The van der Waals surface area contributed by atoms with Crippen LogP contribution in [0.2, 0.25) is 0 Å². The van der Waals surface area contributed by atoms with Crippen molar-refractivity contribution in [2.75, 3.05) is 13.7 Å². The van der Waals surface area contributed by atoms with Gasteiger partial charge >= 0.3 is 5.97 Å². The van der Waals surface area contributed by atoms with Crippen molar-refractivity contribution in [2.45, 2.75) is 33.8 Å². The second-order valence-corrected chi connectivity index (χ2v) is 5.33. The first kappa shape index (κ1) is 16.3. The van der Waals surface area contributed by atoms with E-state index in [-0.39, 0.29) is 30.2 Å². The highest BCUT2D eigenvalue weighted by Gasteiger charge is 2.37. The molecule has 120 valence electrons. The van der Waals surface area contributed by atoms with Gasteiger partial charge in [-0.1, -0.05) is 6.92 Å². The van der Waals surface area contributed by atoms with Crippen molar-refractivity contribution in [1.29, 1.82) is 0 Å². The molecule has 2 unspecified atom stereocenters. The van der Waals surface area contributed by atoms with Gasteiger partial charge in [0.15, 0.2) is 0 Å². The van der Waals surface area contributed by atoms with Crippen LogP contribution in [-0.2, 0) is 14.3 Å². The first-order chi connectivity index (χ1) is 10.4. The summed E-state index contributed by atoms with van der Waals surface area (Å²) in [5.41, 5.74) is 1.77. The van der Waals surface area contributed by atoms with Crippen molar-refractivity contribution in [1.82, 2.24) is 0 Å². The molecule has 0 bridgehead atoms. The SMILES string of the molecule is CCOC(=O)C1=C(c2ccc(F)c(C)c2OC)C(C)C(C)O1. The summed E-state index contributed by atoms with van der Waals surface area (Å²) in [5.74, 6) is -0.276. The lowest BCUT2D eigenvalue weighted by atomic mass is 9.89. The van der Waals surface area contributed by atoms with Gasteiger partial charge in [0.05, 0.1) is 13.7 Å². The highest BCUT2D eigenvalue weighted by Crippen LogP contribution is 2.43. The van der Waals surface area contributed by atoms with E-state index >= 15 is 0 Å². The molecule has 1 aromatic carbocycles. The average Bonchev–Trinajstić information content (AvgIpc) is 2.78. The Kier molecular flexibility index (Phi) is 4.74. The van der Waals surface area contributed by atoms with Crippen molar-refractivity contribution in [3.63, 3.8) is 0 Å². The molecule has 0 aromatic heterocycles. The van der Waals surface area contributed by atoms with Gasteiger partial charge in [0.2, 0.25) is 5.76 Å². The van der Waals surface area contributed by atoms with Gasteiger partial charge in [0, 0.05) is 22.6 Å². The smallest absolute Gasteiger partial charge is 0.373 e. The van der Waals surface area contributed by atoms with Crippen LogP contribution in [0.4, 0.5) is 4.39 Å². The number of hydrogen-bond donors (Lipinski definition) is 0. The molecule has 0 saturated heterocycles. The van der Waals surface area contributed by atoms with Crippen LogP contribution in [0.15, 0.2) is 17.9 Å². The molecule has 0 N–H and O–H groups in total. The molecule has 0 amide bonds. The van der Waals surface area contributed by atoms with Crippen LogP contribution in [0.5, 0.6) is 5.75 Å². The van der Waals surface area contributed by atoms with Crippen LogP contribution in [0.3, 0.4) is 0 Å². The fraction of sp³-hybridized carbons (Fsp3) is 0.471. The van der Waals surface area contributed by atoms with Gasteiger partial charge in [-0.2, -0.15) is 0 Å². The fourth-order valence-electron chi connectivity index (χ4n) is 2.66. The highest BCUT2D eigenvalue weighted by molar-refractivity contribution is 5.98. The minimum Gasteiger partial charge on any atom is -0.496 e. The van der Waals surface area contributed by atoms with Crippen LogP contribution in [0.1, 0.15) is 31.9 Å². The number of benzene rings is 1. The maximum atomic E-state index is 13.8. The third-order valence-electron chi connectivity index (χ3n) is 4.00. The van der Waals surface area contributed by atoms with Gasteiger partial charge in [-0.15, -0.1) is 0 Å². The van der Waals surface area contributed by atoms with Gasteiger partial charge in [0.1, 0.15) is 17.7 Å². The molecule has 0 radical (unpaired) electrons. The molecule has 1 heterocycles. The summed E-state index contributed by atoms with van der Waals surface area (Å²) in [6, 6.07) is 2.99. The Bertz CT molecular complexity index is 621. The largest absolute Gasteiger partial charge is 0.496 e. The number of halogens is 1. The molecule has 1 aliphatic heterocycles. The highest BCUT2D eigenvalue weighted by atomic mass is 19.1. The van der Waals surface area contributed by atoms with E-state index in [2.05, 4.69) is 0 Å². The number of ether oxygens (including phenoxy) is 3. The maximum absolute atomic E-state index is 13.8. The van der Waals surface area contributed by atoms with E-state index in [9.17, 15) is 9.18 Å². The van der Waals surface area contributed by atoms with Crippen molar-refractivity contribution < 1.29 is 23.4 Å². The van der Waals surface area contributed by atoms with Crippen molar-refractivity contribution >= 4 is 11.5 Å². The third kappa shape index (κ3) is 2.67. The zero-order valence-electron chi connectivity index (χ0n) is 13.5. The van der Waals surface area contributed by atoms with E-state index in [1.165, 1.54) is 13.2 Å². The van der Waals surface area contributed by atoms with Crippen molar-refractivity contribution in [2.24, 2.45) is 5.92 Å². The van der Waals surface area contributed by atoms with Crippen molar-refractivity contribution in [3.05, 3.63) is 34.8 Å². The monoisotopic (exact) mass is 308 g/mol. The number of hydrogen-bond acceptors (Lipinski definition) is 4. The number of rotatable bonds is 4. The summed E-state index contributed by atoms with van der Waals surface area (Å²) >= 11 is 0. The normalized spacial score (nSPS) is 20.8. The topological polar surface area (TPSA) is 44.8 Å². The van der Waals surface area contributed by atoms with E-state index in [1.807, 2.05) is 13.8 Å². The Labute approximate surface area is 129 Å². The molecule has 0 saturated carbocycles. The summed E-state index contributed by atoms with van der Waals surface area (Å²) in [6.45, 7) is 7.50. The van der Waals surface area contributed by atoms with Crippen LogP contribution in [-0.4, -0.2) is 25.8 Å². The van der Waals surface area contributed by atoms with Gasteiger partial charge < -0.3 is 14.2 Å². The molecule has 0 spiro atoms. The summed E-state index contributed by atoms with van der Waals surface area (Å²) in [6.07, 6.45) is -0.163. The fourth-order valence-corrected chi connectivity index (χ4v) is 2.66. The first-order valence-corrected chi connectivity index (χ1v) is 7.33. The maximum Gasteiger partial charge on any atom is 0.373 e. The van der Waals surface area contributed by atoms with Gasteiger partial charge in [-0.25, -0.2) is 9.18 Å². The molecule has 2 rings (SSSR count). The minimum atomic E-state index is -0.502. The van der Waals surface area contributed by atoms with Crippen LogP contribution < -0.4 is 4.74 Å². The number of esters is 1. The lowest BCUT2D eigenvalue weighted by Gasteiger charge is -2.16. The van der Waals surface area contributed by atoms with E-state index in [0.29, 0.717) is 22.4 Å². The lowest BCUT2D eigenvalue weighted by Crippen LogP contribution is -2.12. The van der Waals surface area contributed by atoms with E-state index in [4.69, 9.17) is 14.2 Å². The zero-order chi connectivity index (χ0) is 16.4. The summed E-state index contributed by atoms with van der Waals surface area (Å²) in [4.78, 5) is 12.2. The third-order valence-corrected chi connectivity index (χ3v) is 4.00. The predicted octanol–water partition coefficient (Wildman–Crippen LogP) is 3.47. The standard InChI is InChI=1S/C17H21FO4/c1-6-21-17(19)16-14(9(2)11(4)22-16)12-7-8-13(18)10(3)15(12)20-5/h7-9,11H,6H2,1-5H3.